The Morgan fingerprint density at radius 3 is 2.09 bits per heavy atom. The van der Waals surface area contributed by atoms with Gasteiger partial charge in [0.05, 0.1) is 0 Å². The predicted molar refractivity (Wildman–Crippen MR) is 187 cm³/mol. The van der Waals surface area contributed by atoms with Gasteiger partial charge in [-0.1, -0.05) is 106 Å². The molecule has 3 amide bonds. The predicted octanol–water partition coefficient (Wildman–Crippen LogP) is 8.62. The molecule has 0 aliphatic rings. The summed E-state index contributed by atoms with van der Waals surface area (Å²) in [5.41, 5.74) is 4.53. The van der Waals surface area contributed by atoms with Crippen molar-refractivity contribution in [1.82, 2.24) is 10.2 Å². The number of alkyl carbamates (subject to hydrolysis) is 1. The van der Waals surface area contributed by atoms with Crippen molar-refractivity contribution in [2.24, 2.45) is 0 Å². The van der Waals surface area contributed by atoms with E-state index < -0.39 is 23.8 Å². The zero-order valence-electron chi connectivity index (χ0n) is 28.8. The van der Waals surface area contributed by atoms with E-state index in [9.17, 15) is 14.4 Å². The molecule has 0 saturated carbocycles. The Bertz CT molecular complexity index is 1430. The molecule has 0 aliphatic carbocycles. The van der Waals surface area contributed by atoms with E-state index in [1.54, 1.807) is 25.7 Å². The maximum Gasteiger partial charge on any atom is 0.408 e. The molecule has 7 nitrogen and oxygen atoms in total. The van der Waals surface area contributed by atoms with Crippen molar-refractivity contribution < 1.29 is 19.1 Å². The summed E-state index contributed by atoms with van der Waals surface area (Å²) < 4.78 is 5.59. The number of anilines is 1. The molecule has 0 aromatic heterocycles. The lowest BCUT2D eigenvalue weighted by Crippen LogP contribution is -2.53. The first-order valence-electron chi connectivity index (χ1n) is 16.7. The van der Waals surface area contributed by atoms with Gasteiger partial charge in [0, 0.05) is 18.7 Å². The highest BCUT2D eigenvalue weighted by Gasteiger charge is 2.37. The smallest absolute Gasteiger partial charge is 0.408 e. The minimum absolute atomic E-state index is 0.255. The molecule has 0 saturated heterocycles. The number of nitrogens with one attached hydrogen (secondary N) is 2. The summed E-state index contributed by atoms with van der Waals surface area (Å²) in [7, 11) is 0. The van der Waals surface area contributed by atoms with Gasteiger partial charge in [-0.3, -0.25) is 9.59 Å². The number of ether oxygens (including phenoxy) is 1. The van der Waals surface area contributed by atoms with Crippen molar-refractivity contribution in [3.05, 3.63) is 101 Å². The number of hydrogen-bond acceptors (Lipinski definition) is 4. The molecule has 0 heterocycles. The average Bonchev–Trinajstić information content (AvgIpc) is 3.00. The Hall–Kier alpha value is -4.13. The van der Waals surface area contributed by atoms with Crippen molar-refractivity contribution in [2.45, 2.75) is 111 Å². The quantitative estimate of drug-likeness (QED) is 0.165. The van der Waals surface area contributed by atoms with E-state index in [0.717, 1.165) is 59.9 Å². The first kappa shape index (κ1) is 36.3. The maximum absolute atomic E-state index is 14.8. The summed E-state index contributed by atoms with van der Waals surface area (Å²) in [4.78, 5) is 44.0. The number of rotatable bonds is 15. The molecule has 0 aliphatic heterocycles. The van der Waals surface area contributed by atoms with Gasteiger partial charge in [-0.25, -0.2) is 4.79 Å². The van der Waals surface area contributed by atoms with Crippen molar-refractivity contribution in [1.29, 1.82) is 0 Å². The fourth-order valence-corrected chi connectivity index (χ4v) is 5.56. The van der Waals surface area contributed by atoms with Crippen LogP contribution in [0.25, 0.3) is 0 Å². The zero-order chi connectivity index (χ0) is 33.7. The summed E-state index contributed by atoms with van der Waals surface area (Å²) in [6.45, 7) is 13.9. The number of unbranched alkanes of at least 4 members (excludes halogenated alkanes) is 5. The van der Waals surface area contributed by atoms with Crippen LogP contribution in [-0.4, -0.2) is 41.0 Å². The molecule has 0 radical (unpaired) electrons. The van der Waals surface area contributed by atoms with Gasteiger partial charge < -0.3 is 20.3 Å². The molecule has 248 valence electrons. The Morgan fingerprint density at radius 2 is 1.41 bits per heavy atom. The van der Waals surface area contributed by atoms with Gasteiger partial charge >= 0.3 is 6.09 Å². The molecule has 7 heteroatoms. The van der Waals surface area contributed by atoms with Crippen LogP contribution in [0.3, 0.4) is 0 Å². The summed E-state index contributed by atoms with van der Waals surface area (Å²) in [6, 6.07) is 21.2. The van der Waals surface area contributed by atoms with E-state index in [1.807, 2.05) is 93.6 Å². The molecule has 46 heavy (non-hydrogen) atoms. The fourth-order valence-electron chi connectivity index (χ4n) is 5.56. The molecule has 3 aromatic carbocycles. The second kappa shape index (κ2) is 17.5. The largest absolute Gasteiger partial charge is 0.444 e. The van der Waals surface area contributed by atoms with Crippen LogP contribution in [0.1, 0.15) is 100 Å². The molecule has 2 atom stereocenters. The van der Waals surface area contributed by atoms with E-state index in [1.165, 1.54) is 6.42 Å². The first-order valence-corrected chi connectivity index (χ1v) is 16.7. The number of hydrogen-bond donors (Lipinski definition) is 2. The van der Waals surface area contributed by atoms with Gasteiger partial charge in [0.1, 0.15) is 17.7 Å². The van der Waals surface area contributed by atoms with E-state index in [-0.39, 0.29) is 18.2 Å². The van der Waals surface area contributed by atoms with Gasteiger partial charge in [0.15, 0.2) is 0 Å². The zero-order valence-corrected chi connectivity index (χ0v) is 28.8. The normalized spacial score (nSPS) is 12.6. The minimum atomic E-state index is -0.948. The van der Waals surface area contributed by atoms with Crippen molar-refractivity contribution in [3.8, 4) is 0 Å². The van der Waals surface area contributed by atoms with Gasteiger partial charge in [-0.2, -0.15) is 0 Å². The van der Waals surface area contributed by atoms with Crippen molar-refractivity contribution in [2.75, 3.05) is 11.9 Å². The molecule has 3 aromatic rings. The third-order valence-electron chi connectivity index (χ3n) is 8.21. The number of para-hydroxylation sites is 1. The molecule has 0 fully saturated rings. The van der Waals surface area contributed by atoms with E-state index >= 15 is 0 Å². The van der Waals surface area contributed by atoms with Crippen LogP contribution < -0.4 is 10.6 Å². The lowest BCUT2D eigenvalue weighted by atomic mass is 9.94. The fraction of sp³-hybridized carbons (Fsp3) is 0.462. The van der Waals surface area contributed by atoms with Crippen molar-refractivity contribution in [3.63, 3.8) is 0 Å². The number of benzene rings is 3. The number of nitrogens with zero attached hydrogens (tertiary/aromatic N) is 1. The molecule has 2 unspecified atom stereocenters. The van der Waals surface area contributed by atoms with Crippen LogP contribution in [-0.2, 0) is 20.7 Å². The Labute approximate surface area is 276 Å². The summed E-state index contributed by atoms with van der Waals surface area (Å²) in [5.74, 6) is -0.618. The Morgan fingerprint density at radius 1 is 0.783 bits per heavy atom. The van der Waals surface area contributed by atoms with E-state index in [0.29, 0.717) is 12.2 Å². The van der Waals surface area contributed by atoms with E-state index in [4.69, 9.17) is 4.74 Å². The van der Waals surface area contributed by atoms with Gasteiger partial charge in [0.2, 0.25) is 5.91 Å². The summed E-state index contributed by atoms with van der Waals surface area (Å²) >= 11 is 0. The highest BCUT2D eigenvalue weighted by atomic mass is 16.6. The number of amides is 3. The summed E-state index contributed by atoms with van der Waals surface area (Å²) in [5, 5.41) is 5.99. The lowest BCUT2D eigenvalue weighted by Gasteiger charge is -2.35. The second-order valence-electron chi connectivity index (χ2n) is 13.2. The molecule has 0 bridgehead atoms. The number of carbonyl (C=O) groups excluding carboxylic acids is 3. The van der Waals surface area contributed by atoms with Gasteiger partial charge in [0.25, 0.3) is 5.91 Å². The molecule has 0 spiro atoms. The lowest BCUT2D eigenvalue weighted by molar-refractivity contribution is -0.140. The summed E-state index contributed by atoms with van der Waals surface area (Å²) in [6.07, 6.45) is 5.77. The van der Waals surface area contributed by atoms with Crippen LogP contribution in [0, 0.1) is 20.8 Å². The van der Waals surface area contributed by atoms with Crippen LogP contribution in [0.5, 0.6) is 0 Å². The molecular formula is C39H53N3O4. The van der Waals surface area contributed by atoms with Crippen LogP contribution in [0.2, 0.25) is 0 Å². The monoisotopic (exact) mass is 627 g/mol. The van der Waals surface area contributed by atoms with Crippen LogP contribution in [0.15, 0.2) is 72.8 Å². The number of aryl methyl sites for hydroxylation is 2. The molecule has 2 N–H and O–H groups in total. The van der Waals surface area contributed by atoms with Gasteiger partial charge in [-0.05, 0) is 81.8 Å². The van der Waals surface area contributed by atoms with Crippen LogP contribution >= 0.6 is 0 Å². The SMILES string of the molecule is CCCCCCCCN(C(=O)C(Cc1ccccc1)NC(=O)OC(C)(C)C)C(C(=O)Nc1ccccc1C)c1cccc(C)c1C. The third-order valence-corrected chi connectivity index (χ3v) is 8.21. The second-order valence-corrected chi connectivity index (χ2v) is 13.2. The Kier molecular flexibility index (Phi) is 13.9. The van der Waals surface area contributed by atoms with Gasteiger partial charge in [-0.15, -0.1) is 0 Å². The average molecular weight is 628 g/mol. The maximum atomic E-state index is 14.8. The topological polar surface area (TPSA) is 87.7 Å². The standard InChI is InChI=1S/C39H53N3O4/c1-8-9-10-11-12-18-26-42(37(44)34(27-31-22-14-13-15-23-31)41-38(45)46-39(5,6)7)35(32-24-19-21-28(2)30(32)4)36(43)40-33-25-17-16-20-29(33)3/h13-17,19-25,34-35H,8-12,18,26-27H2,1-7H3,(H,40,43)(H,41,45). The van der Waals surface area contributed by atoms with Crippen molar-refractivity contribution >= 4 is 23.6 Å². The highest BCUT2D eigenvalue weighted by molar-refractivity contribution is 5.99. The molecular weight excluding hydrogens is 574 g/mol. The van der Waals surface area contributed by atoms with Crippen LogP contribution in [0.4, 0.5) is 10.5 Å². The first-order chi connectivity index (χ1) is 21.9. The minimum Gasteiger partial charge on any atom is -0.444 e. The highest BCUT2D eigenvalue weighted by Crippen LogP contribution is 2.30. The molecule has 3 rings (SSSR count). The number of carbonyl (C=O) groups is 3. The van der Waals surface area contributed by atoms with E-state index in [2.05, 4.69) is 17.6 Å². The third kappa shape index (κ3) is 11.0. The Balaban J connectivity index is 2.09.